The molecule has 0 aromatic heterocycles. The van der Waals surface area contributed by atoms with E-state index in [9.17, 15) is 0 Å². The van der Waals surface area contributed by atoms with E-state index in [4.69, 9.17) is 0 Å². The van der Waals surface area contributed by atoms with E-state index >= 15 is 0 Å². The fourth-order valence-electron chi connectivity index (χ4n) is 1.38. The molecule has 1 aliphatic heterocycles. The normalized spacial score (nSPS) is 19.3. The molecule has 1 aromatic carbocycles. The van der Waals surface area contributed by atoms with Crippen molar-refractivity contribution < 1.29 is 0 Å². The fraction of sp³-hybridized carbons (Fsp3) is 0.250. The molecule has 15 heavy (non-hydrogen) atoms. The number of benzene rings is 1. The van der Waals surface area contributed by atoms with Gasteiger partial charge in [0.25, 0.3) is 0 Å². The van der Waals surface area contributed by atoms with Gasteiger partial charge in [-0.15, -0.1) is 11.8 Å². The molecule has 0 radical (unpaired) electrons. The number of rotatable bonds is 2. The average Bonchev–Trinajstić information content (AvgIpc) is 2.66. The SMILES string of the molecule is CN1CCS/C1=C\C=Nc1ccccc1. The van der Waals surface area contributed by atoms with Crippen molar-refractivity contribution in [2.45, 2.75) is 0 Å². The highest BCUT2D eigenvalue weighted by atomic mass is 32.2. The van der Waals surface area contributed by atoms with Crippen LogP contribution in [0.15, 0.2) is 46.4 Å². The van der Waals surface area contributed by atoms with Crippen molar-refractivity contribution >= 4 is 23.7 Å². The summed E-state index contributed by atoms with van der Waals surface area (Å²) in [5.41, 5.74) is 1.00. The molecule has 1 aromatic rings. The van der Waals surface area contributed by atoms with E-state index in [0.717, 1.165) is 12.2 Å². The van der Waals surface area contributed by atoms with Crippen LogP contribution in [-0.4, -0.2) is 30.5 Å². The first-order chi connectivity index (χ1) is 7.36. The van der Waals surface area contributed by atoms with Crippen molar-refractivity contribution in [2.75, 3.05) is 19.3 Å². The first-order valence-electron chi connectivity index (χ1n) is 4.99. The van der Waals surface area contributed by atoms with Crippen molar-refractivity contribution in [2.24, 2.45) is 4.99 Å². The van der Waals surface area contributed by atoms with Crippen LogP contribution in [0.2, 0.25) is 0 Å². The third-order valence-electron chi connectivity index (χ3n) is 2.25. The van der Waals surface area contributed by atoms with Gasteiger partial charge in [-0.05, 0) is 18.2 Å². The van der Waals surface area contributed by atoms with Gasteiger partial charge in [-0.1, -0.05) is 18.2 Å². The largest absolute Gasteiger partial charge is 0.369 e. The van der Waals surface area contributed by atoms with Crippen LogP contribution in [0, 0.1) is 0 Å². The van der Waals surface area contributed by atoms with Gasteiger partial charge < -0.3 is 4.90 Å². The number of allylic oxidation sites excluding steroid dienone is 1. The van der Waals surface area contributed by atoms with E-state index < -0.39 is 0 Å². The minimum atomic E-state index is 1.00. The number of nitrogens with zero attached hydrogens (tertiary/aromatic N) is 2. The molecule has 0 atom stereocenters. The first-order valence-corrected chi connectivity index (χ1v) is 5.98. The van der Waals surface area contributed by atoms with Gasteiger partial charge in [0.15, 0.2) is 0 Å². The standard InChI is InChI=1S/C12H14N2S/c1-14-9-10-15-12(14)7-8-13-11-5-3-2-4-6-11/h2-8H,9-10H2,1H3/b12-7-,13-8?. The third-order valence-corrected chi connectivity index (χ3v) is 3.38. The van der Waals surface area contributed by atoms with Gasteiger partial charge >= 0.3 is 0 Å². The molecule has 0 unspecified atom stereocenters. The van der Waals surface area contributed by atoms with Gasteiger partial charge in [-0.2, -0.15) is 0 Å². The predicted octanol–water partition coefficient (Wildman–Crippen LogP) is 2.91. The van der Waals surface area contributed by atoms with E-state index in [2.05, 4.69) is 23.0 Å². The molecule has 1 fully saturated rings. The highest BCUT2D eigenvalue weighted by molar-refractivity contribution is 8.03. The Morgan fingerprint density at radius 3 is 2.80 bits per heavy atom. The Morgan fingerprint density at radius 2 is 2.13 bits per heavy atom. The first kappa shape index (κ1) is 10.3. The van der Waals surface area contributed by atoms with Crippen LogP contribution in [0.1, 0.15) is 0 Å². The lowest BCUT2D eigenvalue weighted by atomic mass is 10.3. The van der Waals surface area contributed by atoms with E-state index in [0.29, 0.717) is 0 Å². The number of hydrogen-bond acceptors (Lipinski definition) is 3. The summed E-state index contributed by atoms with van der Waals surface area (Å²) < 4.78 is 0. The van der Waals surface area contributed by atoms with Crippen LogP contribution in [-0.2, 0) is 0 Å². The molecule has 1 heterocycles. The predicted molar refractivity (Wildman–Crippen MR) is 67.8 cm³/mol. The van der Waals surface area contributed by atoms with Crippen molar-refractivity contribution in [1.29, 1.82) is 0 Å². The zero-order valence-electron chi connectivity index (χ0n) is 8.76. The Labute approximate surface area is 94.7 Å². The maximum absolute atomic E-state index is 4.36. The highest BCUT2D eigenvalue weighted by Crippen LogP contribution is 2.25. The van der Waals surface area contributed by atoms with Gasteiger partial charge in [0.05, 0.1) is 10.7 Å². The lowest BCUT2D eigenvalue weighted by Gasteiger charge is -2.09. The second kappa shape index (κ2) is 5.03. The zero-order chi connectivity index (χ0) is 10.5. The van der Waals surface area contributed by atoms with Gasteiger partial charge in [0.1, 0.15) is 0 Å². The van der Waals surface area contributed by atoms with E-state index in [1.165, 1.54) is 10.8 Å². The van der Waals surface area contributed by atoms with Crippen LogP contribution >= 0.6 is 11.8 Å². The molecule has 0 aliphatic carbocycles. The van der Waals surface area contributed by atoms with Gasteiger partial charge in [-0.25, -0.2) is 0 Å². The summed E-state index contributed by atoms with van der Waals surface area (Å²) >= 11 is 1.88. The summed E-state index contributed by atoms with van der Waals surface area (Å²) in [7, 11) is 2.11. The Balaban J connectivity index is 2.01. The maximum Gasteiger partial charge on any atom is 0.0721 e. The summed E-state index contributed by atoms with van der Waals surface area (Å²) in [6, 6.07) is 9.99. The van der Waals surface area contributed by atoms with Crippen LogP contribution in [0.3, 0.4) is 0 Å². The molecule has 0 bridgehead atoms. The van der Waals surface area contributed by atoms with E-state index in [1.807, 2.05) is 48.3 Å². The summed E-state index contributed by atoms with van der Waals surface area (Å²) in [6.45, 7) is 1.13. The Kier molecular flexibility index (Phi) is 3.45. The van der Waals surface area contributed by atoms with E-state index in [1.54, 1.807) is 0 Å². The number of aliphatic imine (C=N–C) groups is 1. The van der Waals surface area contributed by atoms with Crippen molar-refractivity contribution in [3.8, 4) is 0 Å². The lowest BCUT2D eigenvalue weighted by molar-refractivity contribution is 0.493. The highest BCUT2D eigenvalue weighted by Gasteiger charge is 2.11. The molecule has 1 saturated heterocycles. The maximum atomic E-state index is 4.36. The molecule has 2 rings (SSSR count). The monoisotopic (exact) mass is 218 g/mol. The number of thioether (sulfide) groups is 1. The van der Waals surface area contributed by atoms with Crippen LogP contribution in [0.5, 0.6) is 0 Å². The minimum Gasteiger partial charge on any atom is -0.369 e. The van der Waals surface area contributed by atoms with Gasteiger partial charge in [0.2, 0.25) is 0 Å². The molecule has 0 saturated carbocycles. The minimum absolute atomic E-state index is 1.00. The number of hydrogen-bond donors (Lipinski definition) is 0. The van der Waals surface area contributed by atoms with E-state index in [-0.39, 0.29) is 0 Å². The molecule has 0 amide bonds. The number of para-hydroxylation sites is 1. The lowest BCUT2D eigenvalue weighted by Crippen LogP contribution is -2.10. The second-order valence-electron chi connectivity index (χ2n) is 3.39. The summed E-state index contributed by atoms with van der Waals surface area (Å²) in [5, 5.41) is 1.30. The van der Waals surface area contributed by atoms with Crippen LogP contribution in [0.25, 0.3) is 0 Å². The average molecular weight is 218 g/mol. The molecule has 0 N–H and O–H groups in total. The molecular formula is C12H14N2S. The second-order valence-corrected chi connectivity index (χ2v) is 4.50. The molecule has 2 nitrogen and oxygen atoms in total. The molecule has 3 heteroatoms. The summed E-state index contributed by atoms with van der Waals surface area (Å²) in [4.78, 5) is 6.61. The van der Waals surface area contributed by atoms with Gasteiger partial charge in [-0.3, -0.25) is 4.99 Å². The topological polar surface area (TPSA) is 15.6 Å². The molecule has 78 valence electrons. The smallest absolute Gasteiger partial charge is 0.0721 e. The van der Waals surface area contributed by atoms with Crippen LogP contribution in [0.4, 0.5) is 5.69 Å². The van der Waals surface area contributed by atoms with Gasteiger partial charge in [0, 0.05) is 25.6 Å². The quantitative estimate of drug-likeness (QED) is 0.709. The zero-order valence-corrected chi connectivity index (χ0v) is 9.57. The van der Waals surface area contributed by atoms with Crippen molar-refractivity contribution in [3.05, 3.63) is 41.4 Å². The van der Waals surface area contributed by atoms with Crippen molar-refractivity contribution in [1.82, 2.24) is 4.90 Å². The summed E-state index contributed by atoms with van der Waals surface area (Å²) in [5.74, 6) is 1.18. The summed E-state index contributed by atoms with van der Waals surface area (Å²) in [6.07, 6.45) is 3.95. The Bertz CT molecular complexity index is 370. The Hall–Kier alpha value is -1.22. The Morgan fingerprint density at radius 1 is 1.33 bits per heavy atom. The fourth-order valence-corrected chi connectivity index (χ4v) is 2.43. The molecular weight excluding hydrogens is 204 g/mol. The molecule has 1 aliphatic rings. The molecule has 0 spiro atoms. The third kappa shape index (κ3) is 2.86. The van der Waals surface area contributed by atoms with Crippen molar-refractivity contribution in [3.63, 3.8) is 0 Å². The van der Waals surface area contributed by atoms with Crippen LogP contribution < -0.4 is 0 Å².